The fraction of sp³-hybridized carbons (Fsp3) is 0.636. The monoisotopic (exact) mass is 242 g/mol. The second-order valence-electron chi connectivity index (χ2n) is 4.00. The lowest BCUT2D eigenvalue weighted by Crippen LogP contribution is -2.13. The van der Waals surface area contributed by atoms with Gasteiger partial charge in [-0.15, -0.1) is 0 Å². The summed E-state index contributed by atoms with van der Waals surface area (Å²) in [5.41, 5.74) is 6.74. The first kappa shape index (κ1) is 13.0. The van der Waals surface area contributed by atoms with Gasteiger partial charge < -0.3 is 10.5 Å². The molecule has 0 amide bonds. The molecule has 0 aliphatic rings. The van der Waals surface area contributed by atoms with Crippen LogP contribution in [0, 0.1) is 12.8 Å². The Hall–Kier alpha value is -1.10. The fourth-order valence-electron chi connectivity index (χ4n) is 1.50. The van der Waals surface area contributed by atoms with Crippen molar-refractivity contribution in [2.75, 3.05) is 12.3 Å². The predicted octanol–water partition coefficient (Wildman–Crippen LogP) is 2.63. The van der Waals surface area contributed by atoms with E-state index in [-0.39, 0.29) is 5.97 Å². The Morgan fingerprint density at radius 3 is 2.81 bits per heavy atom. The maximum atomic E-state index is 11.7. The second kappa shape index (κ2) is 5.84. The normalized spacial score (nSPS) is 12.4. The minimum absolute atomic E-state index is 0.355. The van der Waals surface area contributed by atoms with Crippen molar-refractivity contribution in [2.24, 2.45) is 5.92 Å². The number of carbonyl (C=O) groups is 1. The van der Waals surface area contributed by atoms with Crippen LogP contribution >= 0.6 is 11.5 Å². The van der Waals surface area contributed by atoms with Crippen molar-refractivity contribution in [1.82, 2.24) is 4.37 Å². The van der Waals surface area contributed by atoms with Crippen molar-refractivity contribution in [2.45, 2.75) is 33.6 Å². The average Bonchev–Trinajstić information content (AvgIpc) is 2.56. The van der Waals surface area contributed by atoms with Crippen LogP contribution in [0.1, 0.15) is 42.7 Å². The van der Waals surface area contributed by atoms with Gasteiger partial charge in [0, 0.05) is 0 Å². The zero-order valence-corrected chi connectivity index (χ0v) is 10.8. The van der Waals surface area contributed by atoms with Crippen LogP contribution in [0.3, 0.4) is 0 Å². The van der Waals surface area contributed by atoms with E-state index in [1.807, 2.05) is 0 Å². The van der Waals surface area contributed by atoms with Crippen LogP contribution in [0.4, 0.5) is 5.00 Å². The Bertz CT molecular complexity index is 343. The number of nitrogen functional groups attached to an aromatic ring is 1. The number of esters is 1. The molecular weight excluding hydrogens is 224 g/mol. The molecule has 4 nitrogen and oxygen atoms in total. The number of aryl methyl sites for hydroxylation is 1. The number of rotatable bonds is 5. The van der Waals surface area contributed by atoms with Gasteiger partial charge in [-0.05, 0) is 30.8 Å². The molecule has 1 aromatic heterocycles. The van der Waals surface area contributed by atoms with Crippen LogP contribution in [0.5, 0.6) is 0 Å². The largest absolute Gasteiger partial charge is 0.462 e. The molecule has 0 bridgehead atoms. The summed E-state index contributed by atoms with van der Waals surface area (Å²) >= 11 is 1.13. The first-order valence-electron chi connectivity index (χ1n) is 5.45. The summed E-state index contributed by atoms with van der Waals surface area (Å²) < 4.78 is 9.23. The molecule has 0 aliphatic carbocycles. The van der Waals surface area contributed by atoms with Crippen molar-refractivity contribution in [3.63, 3.8) is 0 Å². The number of nitrogens with zero attached hydrogens (tertiary/aromatic N) is 1. The molecule has 0 aromatic carbocycles. The highest BCUT2D eigenvalue weighted by Gasteiger charge is 2.18. The maximum absolute atomic E-state index is 11.7. The molecule has 0 saturated carbocycles. The van der Waals surface area contributed by atoms with Gasteiger partial charge in [-0.2, -0.15) is 4.37 Å². The number of anilines is 1. The molecule has 1 atom stereocenters. The molecule has 0 spiro atoms. The number of aromatic nitrogens is 1. The first-order valence-corrected chi connectivity index (χ1v) is 6.22. The van der Waals surface area contributed by atoms with E-state index in [1.165, 1.54) is 0 Å². The zero-order chi connectivity index (χ0) is 12.1. The summed E-state index contributed by atoms with van der Waals surface area (Å²) in [7, 11) is 0. The van der Waals surface area contributed by atoms with Gasteiger partial charge in [0.1, 0.15) is 10.6 Å². The van der Waals surface area contributed by atoms with Crippen LogP contribution in [-0.4, -0.2) is 16.9 Å². The van der Waals surface area contributed by atoms with Crippen LogP contribution in [0.2, 0.25) is 0 Å². The Kier molecular flexibility index (Phi) is 4.73. The third-order valence-electron chi connectivity index (χ3n) is 2.37. The van der Waals surface area contributed by atoms with Gasteiger partial charge in [0.15, 0.2) is 0 Å². The first-order chi connectivity index (χ1) is 7.56. The van der Waals surface area contributed by atoms with Crippen molar-refractivity contribution in [3.05, 3.63) is 11.3 Å². The summed E-state index contributed by atoms with van der Waals surface area (Å²) in [6.45, 7) is 6.39. The molecule has 0 fully saturated rings. The van der Waals surface area contributed by atoms with Gasteiger partial charge in [-0.1, -0.05) is 20.3 Å². The molecule has 2 N–H and O–H groups in total. The van der Waals surface area contributed by atoms with Crippen LogP contribution in [0.25, 0.3) is 0 Å². The third-order valence-corrected chi connectivity index (χ3v) is 3.14. The van der Waals surface area contributed by atoms with Crippen LogP contribution in [0.15, 0.2) is 0 Å². The molecule has 5 heteroatoms. The lowest BCUT2D eigenvalue weighted by atomic mass is 10.1. The summed E-state index contributed by atoms with van der Waals surface area (Å²) in [6, 6.07) is 0. The lowest BCUT2D eigenvalue weighted by molar-refractivity contribution is 0.0444. The molecule has 0 aliphatic heterocycles. The zero-order valence-electron chi connectivity index (χ0n) is 9.95. The molecule has 1 aromatic rings. The summed E-state index contributed by atoms with van der Waals surface area (Å²) in [6.07, 6.45) is 2.16. The highest BCUT2D eigenvalue weighted by molar-refractivity contribution is 7.10. The van der Waals surface area contributed by atoms with Crippen molar-refractivity contribution in [1.29, 1.82) is 0 Å². The SMILES string of the molecule is CCCC(C)COC(=O)c1c(C)nsc1N. The number of nitrogens with two attached hydrogens (primary N) is 1. The number of carbonyl (C=O) groups excluding carboxylic acids is 1. The summed E-state index contributed by atoms with van der Waals surface area (Å²) in [4.78, 5) is 11.7. The maximum Gasteiger partial charge on any atom is 0.343 e. The van der Waals surface area contributed by atoms with E-state index in [0.29, 0.717) is 28.8 Å². The van der Waals surface area contributed by atoms with E-state index in [2.05, 4.69) is 18.2 Å². The molecule has 0 radical (unpaired) electrons. The predicted molar refractivity (Wildman–Crippen MR) is 65.6 cm³/mol. The lowest BCUT2D eigenvalue weighted by Gasteiger charge is -2.10. The summed E-state index contributed by atoms with van der Waals surface area (Å²) in [5, 5.41) is 0.436. The summed E-state index contributed by atoms with van der Waals surface area (Å²) in [5.74, 6) is 0.0359. The second-order valence-corrected chi connectivity index (χ2v) is 4.80. The van der Waals surface area contributed by atoms with Gasteiger partial charge in [-0.25, -0.2) is 4.79 Å². The molecule has 0 saturated heterocycles. The minimum atomic E-state index is -0.355. The van der Waals surface area contributed by atoms with Gasteiger partial charge in [-0.3, -0.25) is 0 Å². The molecule has 90 valence electrons. The smallest absolute Gasteiger partial charge is 0.343 e. The third kappa shape index (κ3) is 3.20. The van der Waals surface area contributed by atoms with E-state index < -0.39 is 0 Å². The minimum Gasteiger partial charge on any atom is -0.462 e. The molecule has 1 rings (SSSR count). The van der Waals surface area contributed by atoms with Gasteiger partial charge in [0.05, 0.1) is 12.3 Å². The topological polar surface area (TPSA) is 65.2 Å². The van der Waals surface area contributed by atoms with Crippen molar-refractivity contribution >= 4 is 22.5 Å². The van der Waals surface area contributed by atoms with Crippen LogP contribution in [-0.2, 0) is 4.74 Å². The van der Waals surface area contributed by atoms with E-state index in [9.17, 15) is 4.79 Å². The van der Waals surface area contributed by atoms with E-state index in [4.69, 9.17) is 10.5 Å². The average molecular weight is 242 g/mol. The van der Waals surface area contributed by atoms with Crippen molar-refractivity contribution in [3.8, 4) is 0 Å². The Labute approximate surface area is 100.0 Å². The number of ether oxygens (including phenoxy) is 1. The molecule has 1 unspecified atom stereocenters. The standard InChI is InChI=1S/C11H18N2O2S/c1-4-5-7(2)6-15-11(14)9-8(3)13-16-10(9)12/h7H,4-6,12H2,1-3H3. The Balaban J connectivity index is 2.53. The quantitative estimate of drug-likeness (QED) is 0.806. The number of hydrogen-bond acceptors (Lipinski definition) is 5. The van der Waals surface area contributed by atoms with E-state index in [0.717, 1.165) is 24.4 Å². The van der Waals surface area contributed by atoms with Gasteiger partial charge >= 0.3 is 5.97 Å². The van der Waals surface area contributed by atoms with Crippen LogP contribution < -0.4 is 5.73 Å². The fourth-order valence-corrected chi connectivity index (χ4v) is 2.15. The molecule has 16 heavy (non-hydrogen) atoms. The Morgan fingerprint density at radius 2 is 2.31 bits per heavy atom. The van der Waals surface area contributed by atoms with E-state index in [1.54, 1.807) is 6.92 Å². The number of hydrogen-bond donors (Lipinski definition) is 1. The van der Waals surface area contributed by atoms with Gasteiger partial charge in [0.2, 0.25) is 0 Å². The highest BCUT2D eigenvalue weighted by Crippen LogP contribution is 2.21. The van der Waals surface area contributed by atoms with E-state index >= 15 is 0 Å². The highest BCUT2D eigenvalue weighted by atomic mass is 32.1. The van der Waals surface area contributed by atoms with Gasteiger partial charge in [0.25, 0.3) is 0 Å². The van der Waals surface area contributed by atoms with Crippen molar-refractivity contribution < 1.29 is 9.53 Å². The molecular formula is C11H18N2O2S. The Morgan fingerprint density at radius 1 is 1.62 bits per heavy atom. The molecule has 1 heterocycles.